The standard InChI is InChI=1S/C88H61BN4O/c1-88(2,3)61-51-70(58-30-12-6-13-31-58)86(71(52-61)59-32-14-7-15-33-59)92-78-50-60(56-26-8-4-9-27-56)44-47-72(78)89-73-48-45-62(90-74-39-21-16-34-65(74)66-35-17-22-40-75(66)90)53-79(73)93(87-64(57-28-10-5-11-29-57)46-49-83-84(87)69-38-20-25-43-82(69)94-83)81-55-63(54-80(92)85(81)89)91-76-41-23-18-36-67(76)68-37-19-24-42-77(68)91/h4-55H,1-3H3/i4D,8D,9D,16D,17D,18D,19D,21D,22D,23D,24D,26D,27D,34D,35D,36D,37D,39D,40D,41D,42D. The first-order valence-corrected chi connectivity index (χ1v) is 31.0. The number of benzene rings is 14. The van der Waals surface area contributed by atoms with Crippen molar-refractivity contribution in [3.05, 3.63) is 321 Å². The zero-order valence-corrected chi connectivity index (χ0v) is 50.7. The van der Waals surface area contributed by atoms with E-state index >= 15 is 0 Å². The van der Waals surface area contributed by atoms with Crippen LogP contribution in [0.4, 0.5) is 34.1 Å². The van der Waals surface area contributed by atoms with Crippen molar-refractivity contribution in [2.75, 3.05) is 9.80 Å². The van der Waals surface area contributed by atoms with E-state index < -0.39 is 139 Å². The van der Waals surface area contributed by atoms with E-state index in [0.717, 1.165) is 16.7 Å². The van der Waals surface area contributed by atoms with Crippen molar-refractivity contribution in [3.8, 4) is 55.9 Å². The quantitative estimate of drug-likeness (QED) is 0.142. The number of anilines is 6. The molecule has 0 fully saturated rings. The zero-order valence-electron chi connectivity index (χ0n) is 71.7. The summed E-state index contributed by atoms with van der Waals surface area (Å²) in [6.07, 6.45) is 0. The minimum Gasteiger partial charge on any atom is -0.456 e. The van der Waals surface area contributed by atoms with Crippen LogP contribution in [0.3, 0.4) is 0 Å². The molecule has 3 aromatic heterocycles. The Labute approximate surface area is 575 Å². The molecule has 2 aliphatic heterocycles. The summed E-state index contributed by atoms with van der Waals surface area (Å²) in [6, 6.07) is 47.0. The van der Waals surface area contributed by atoms with Gasteiger partial charge >= 0.3 is 0 Å². The third kappa shape index (κ3) is 8.15. The minimum atomic E-state index is -0.991. The molecule has 0 atom stereocenters. The molecular weight excluding hydrogens is 1140 g/mol. The lowest BCUT2D eigenvalue weighted by atomic mass is 9.33. The van der Waals surface area contributed by atoms with Gasteiger partial charge in [-0.1, -0.05) is 251 Å². The monoisotopic (exact) mass is 1220 g/mol. The van der Waals surface area contributed by atoms with Crippen LogP contribution >= 0.6 is 0 Å². The van der Waals surface area contributed by atoms with Crippen molar-refractivity contribution < 1.29 is 33.2 Å². The second-order valence-electron chi connectivity index (χ2n) is 24.8. The summed E-state index contributed by atoms with van der Waals surface area (Å²) in [7, 11) is 0. The van der Waals surface area contributed by atoms with Crippen LogP contribution in [0.2, 0.25) is 0 Å². The third-order valence-electron chi connectivity index (χ3n) is 18.6. The smallest absolute Gasteiger partial charge is 0.252 e. The van der Waals surface area contributed by atoms with Gasteiger partial charge in [0, 0.05) is 72.1 Å². The molecule has 0 aliphatic carbocycles. The number of nitrogens with zero attached hydrogens (tertiary/aromatic N) is 4. The lowest BCUT2D eigenvalue weighted by Crippen LogP contribution is -2.61. The first-order chi connectivity index (χ1) is 55.0. The van der Waals surface area contributed by atoms with Gasteiger partial charge in [0.25, 0.3) is 6.71 Å². The van der Waals surface area contributed by atoms with Gasteiger partial charge in [-0.3, -0.25) is 0 Å². The van der Waals surface area contributed by atoms with Gasteiger partial charge in [0.05, 0.1) is 73.3 Å². The zero-order chi connectivity index (χ0) is 80.6. The molecule has 19 rings (SSSR count). The fraction of sp³-hybridized carbons (Fsp3) is 0.0455. The van der Waals surface area contributed by atoms with E-state index in [0.29, 0.717) is 94.7 Å². The Bertz CT molecular complexity index is 7000. The summed E-state index contributed by atoms with van der Waals surface area (Å²) in [6.45, 7) is 5.38. The normalized spacial score (nSPS) is 15.9. The first kappa shape index (κ1) is 36.9. The number of rotatable bonds is 8. The second-order valence-corrected chi connectivity index (χ2v) is 24.8. The first-order valence-electron chi connectivity index (χ1n) is 41.5. The molecule has 14 aromatic carbocycles. The van der Waals surface area contributed by atoms with Crippen molar-refractivity contribution >= 4 is 123 Å². The molecule has 0 amide bonds. The molecule has 5 nitrogen and oxygen atoms in total. The van der Waals surface area contributed by atoms with Gasteiger partial charge in [-0.15, -0.1) is 0 Å². The molecule has 17 aromatic rings. The van der Waals surface area contributed by atoms with Crippen LogP contribution in [0.15, 0.2) is 319 Å². The third-order valence-corrected chi connectivity index (χ3v) is 18.6. The highest BCUT2D eigenvalue weighted by Gasteiger charge is 2.46. The molecule has 0 N–H and O–H groups in total. The van der Waals surface area contributed by atoms with Crippen molar-refractivity contribution in [1.29, 1.82) is 0 Å². The van der Waals surface area contributed by atoms with Crippen molar-refractivity contribution in [2.45, 2.75) is 26.2 Å². The molecule has 5 heterocycles. The second kappa shape index (κ2) is 20.8. The van der Waals surface area contributed by atoms with Gasteiger partial charge in [-0.05, 0) is 140 Å². The maximum Gasteiger partial charge on any atom is 0.252 e. The Morgan fingerprint density at radius 1 is 0.340 bits per heavy atom. The van der Waals surface area contributed by atoms with Gasteiger partial charge in [0.2, 0.25) is 0 Å². The van der Waals surface area contributed by atoms with Crippen LogP contribution < -0.4 is 26.2 Å². The summed E-state index contributed by atoms with van der Waals surface area (Å²) in [4.78, 5) is 4.13. The molecule has 0 saturated heterocycles. The van der Waals surface area contributed by atoms with E-state index in [9.17, 15) is 21.9 Å². The van der Waals surface area contributed by atoms with Gasteiger partial charge in [0.1, 0.15) is 11.2 Å². The van der Waals surface area contributed by atoms with Crippen LogP contribution in [0.25, 0.3) is 121 Å². The summed E-state index contributed by atoms with van der Waals surface area (Å²) in [5, 5.41) is 0.507. The topological polar surface area (TPSA) is 29.5 Å². The van der Waals surface area contributed by atoms with Crippen molar-refractivity contribution in [2.24, 2.45) is 0 Å². The Morgan fingerprint density at radius 3 is 1.35 bits per heavy atom. The van der Waals surface area contributed by atoms with E-state index in [-0.39, 0.29) is 66.1 Å². The van der Waals surface area contributed by atoms with E-state index in [4.69, 9.17) is 11.3 Å². The maximum atomic E-state index is 10.1. The predicted octanol–water partition coefficient (Wildman–Crippen LogP) is 21.8. The van der Waals surface area contributed by atoms with Gasteiger partial charge in [0.15, 0.2) is 0 Å². The SMILES string of the molecule is [2H]c1c([2H])c([2H])c(-c2ccc3c(c2)N(c2c(-c4ccccc4)cc(C(C)(C)C)cc2-c2ccccc2)c2cc(-n4c5c([2H])c([2H])c([2H])c([2H])c5c5c([2H])c([2H])c([2H])c([2H])c54)cc4c2B3c2ccc(-n3c5c([2H])c([2H])c([2H])c([2H])c5c5c([2H])c([2H])c([2H])c([2H])c53)cc2N4c2c(-c3ccccc3)ccc3oc4ccccc4c23)c([2H])c1[2H]. The van der Waals surface area contributed by atoms with Crippen LogP contribution in [0, 0.1) is 0 Å². The Morgan fingerprint density at radius 2 is 0.798 bits per heavy atom. The number of para-hydroxylation sites is 5. The van der Waals surface area contributed by atoms with Crippen LogP contribution in [0.1, 0.15) is 55.1 Å². The van der Waals surface area contributed by atoms with Gasteiger partial charge < -0.3 is 23.4 Å². The fourth-order valence-corrected chi connectivity index (χ4v) is 14.5. The van der Waals surface area contributed by atoms with Crippen LogP contribution in [-0.2, 0) is 5.41 Å². The molecule has 0 spiro atoms. The molecule has 0 unspecified atom stereocenters. The molecular formula is C88H61BN4O. The Hall–Kier alpha value is -11.9. The fourth-order valence-electron chi connectivity index (χ4n) is 14.5. The van der Waals surface area contributed by atoms with E-state index in [2.05, 4.69) is 37.8 Å². The van der Waals surface area contributed by atoms with Crippen molar-refractivity contribution in [3.63, 3.8) is 0 Å². The van der Waals surface area contributed by atoms with E-state index in [1.807, 2.05) is 157 Å². The largest absolute Gasteiger partial charge is 0.456 e. The highest BCUT2D eigenvalue weighted by atomic mass is 16.3. The summed E-state index contributed by atoms with van der Waals surface area (Å²) in [5.41, 5.74) is 9.46. The molecule has 0 radical (unpaired) electrons. The summed E-state index contributed by atoms with van der Waals surface area (Å²) < 4.78 is 209. The highest BCUT2D eigenvalue weighted by Crippen LogP contribution is 2.55. The number of furan rings is 1. The average Bonchev–Trinajstić information content (AvgIpc) is 1.68. The Balaban J connectivity index is 1.09. The van der Waals surface area contributed by atoms with Crippen molar-refractivity contribution in [1.82, 2.24) is 9.13 Å². The minimum absolute atomic E-state index is 0.0936. The molecule has 0 saturated carbocycles. The lowest BCUT2D eigenvalue weighted by molar-refractivity contribution is 0.591. The molecule has 6 heteroatoms. The number of fused-ring (bicyclic) bond motifs is 13. The average molecular weight is 1220 g/mol. The molecule has 0 bridgehead atoms. The number of hydrogen-bond donors (Lipinski definition) is 0. The van der Waals surface area contributed by atoms with Gasteiger partial charge in [-0.2, -0.15) is 0 Å². The lowest BCUT2D eigenvalue weighted by Gasteiger charge is -2.46. The van der Waals surface area contributed by atoms with Gasteiger partial charge in [-0.25, -0.2) is 0 Å². The predicted molar refractivity (Wildman–Crippen MR) is 397 cm³/mol. The van der Waals surface area contributed by atoms with E-state index in [1.165, 1.54) is 9.13 Å². The number of aromatic nitrogens is 2. The molecule has 2 aliphatic rings. The van der Waals surface area contributed by atoms with E-state index in [1.54, 1.807) is 24.3 Å². The van der Waals surface area contributed by atoms with Crippen LogP contribution in [0.5, 0.6) is 0 Å². The molecule has 94 heavy (non-hydrogen) atoms. The number of hydrogen-bond acceptors (Lipinski definition) is 3. The Kier molecular flexibility index (Phi) is 8.17. The summed E-state index contributed by atoms with van der Waals surface area (Å²) >= 11 is 0. The van der Waals surface area contributed by atoms with Crippen LogP contribution in [-0.4, -0.2) is 15.8 Å². The maximum absolute atomic E-state index is 10.1. The molecule has 442 valence electrons. The highest BCUT2D eigenvalue weighted by molar-refractivity contribution is 7.00. The summed E-state index contributed by atoms with van der Waals surface area (Å²) in [5.74, 6) is 0.